The highest BCUT2D eigenvalue weighted by molar-refractivity contribution is 7.89. The number of anilines is 2. The number of benzene rings is 2. The minimum absolute atomic E-state index is 0.0627. The van der Waals surface area contributed by atoms with Crippen LogP contribution in [0.25, 0.3) is 0 Å². The van der Waals surface area contributed by atoms with Gasteiger partial charge in [0.1, 0.15) is 4.90 Å². The van der Waals surface area contributed by atoms with Gasteiger partial charge in [0.25, 0.3) is 5.91 Å². The Morgan fingerprint density at radius 3 is 2.25 bits per heavy atom. The molecule has 2 aromatic carbocycles. The lowest BCUT2D eigenvalue weighted by atomic mass is 10.2. The molecule has 2 N–H and O–H groups in total. The van der Waals surface area contributed by atoms with Gasteiger partial charge in [-0.1, -0.05) is 24.4 Å². The van der Waals surface area contributed by atoms with Gasteiger partial charge in [0, 0.05) is 30.0 Å². The summed E-state index contributed by atoms with van der Waals surface area (Å²) in [6, 6.07) is 11.9. The molecule has 0 saturated carbocycles. The fraction of sp³-hybridized carbons (Fsp3) is 0.350. The van der Waals surface area contributed by atoms with Crippen LogP contribution in [-0.4, -0.2) is 34.5 Å². The van der Waals surface area contributed by atoms with Gasteiger partial charge in [-0.2, -0.15) is 0 Å². The van der Waals surface area contributed by atoms with Crippen LogP contribution in [-0.2, 0) is 10.0 Å². The van der Waals surface area contributed by atoms with Crippen molar-refractivity contribution in [2.45, 2.75) is 30.6 Å². The molecule has 2 aromatic rings. The number of nitrogens with one attached hydrogen (secondary N) is 2. The summed E-state index contributed by atoms with van der Waals surface area (Å²) in [5.41, 5.74) is 2.01. The summed E-state index contributed by atoms with van der Waals surface area (Å²) in [4.78, 5) is 14.8. The monoisotopic (exact) mass is 421 g/mol. The summed E-state index contributed by atoms with van der Waals surface area (Å²) >= 11 is 5.97. The molecule has 3 rings (SSSR count). The molecule has 1 aliphatic heterocycles. The van der Waals surface area contributed by atoms with Crippen molar-refractivity contribution < 1.29 is 13.2 Å². The first-order chi connectivity index (χ1) is 13.4. The largest absolute Gasteiger partial charge is 0.372 e. The Morgan fingerprint density at radius 2 is 1.64 bits per heavy atom. The number of carbonyl (C=O) groups excluding carboxylic acids is 1. The predicted octanol–water partition coefficient (Wildman–Crippen LogP) is 3.88. The molecule has 0 radical (unpaired) electrons. The van der Waals surface area contributed by atoms with Crippen LogP contribution in [0.2, 0.25) is 5.02 Å². The number of nitrogens with zero attached hydrogens (tertiary/aromatic N) is 1. The molecule has 0 aliphatic carbocycles. The molecule has 1 aliphatic rings. The Balaban J connectivity index is 1.73. The first-order valence-electron chi connectivity index (χ1n) is 9.30. The number of carbonyl (C=O) groups is 1. The molecule has 28 heavy (non-hydrogen) atoms. The van der Waals surface area contributed by atoms with Crippen molar-refractivity contribution in [2.75, 3.05) is 30.4 Å². The minimum Gasteiger partial charge on any atom is -0.372 e. The fourth-order valence-electron chi connectivity index (χ4n) is 3.25. The van der Waals surface area contributed by atoms with Crippen LogP contribution in [0, 0.1) is 0 Å². The molecule has 6 nitrogen and oxygen atoms in total. The number of amides is 1. The molecule has 1 fully saturated rings. The van der Waals surface area contributed by atoms with E-state index in [2.05, 4.69) is 14.9 Å². The standard InChI is InChI=1S/C20H24ClN3O3S/c1-22-28(26,27)19-14-15(6-11-18(19)21)20(25)23-16-7-9-17(10-8-16)24-12-4-2-3-5-13-24/h6-11,14,22H,2-5,12-13H2,1H3,(H,23,25). The maximum atomic E-state index is 12.5. The highest BCUT2D eigenvalue weighted by Gasteiger charge is 2.18. The lowest BCUT2D eigenvalue weighted by molar-refractivity contribution is 0.102. The third kappa shape index (κ3) is 4.84. The van der Waals surface area contributed by atoms with E-state index in [9.17, 15) is 13.2 Å². The number of hydrogen-bond acceptors (Lipinski definition) is 4. The van der Waals surface area contributed by atoms with Gasteiger partial charge in [-0.15, -0.1) is 0 Å². The molecule has 0 atom stereocenters. The van der Waals surface area contributed by atoms with E-state index in [4.69, 9.17) is 11.6 Å². The highest BCUT2D eigenvalue weighted by Crippen LogP contribution is 2.24. The van der Waals surface area contributed by atoms with Gasteiger partial charge in [0.15, 0.2) is 0 Å². The van der Waals surface area contributed by atoms with Crippen LogP contribution < -0.4 is 14.9 Å². The van der Waals surface area contributed by atoms with E-state index in [-0.39, 0.29) is 15.5 Å². The predicted molar refractivity (Wildman–Crippen MR) is 113 cm³/mol. The van der Waals surface area contributed by atoms with Gasteiger partial charge in [0.05, 0.1) is 5.02 Å². The van der Waals surface area contributed by atoms with E-state index in [0.717, 1.165) is 18.8 Å². The average molecular weight is 422 g/mol. The van der Waals surface area contributed by atoms with E-state index in [1.165, 1.54) is 50.9 Å². The first-order valence-corrected chi connectivity index (χ1v) is 11.2. The summed E-state index contributed by atoms with van der Waals surface area (Å²) < 4.78 is 26.3. The van der Waals surface area contributed by atoms with Crippen LogP contribution in [0.4, 0.5) is 11.4 Å². The van der Waals surface area contributed by atoms with E-state index in [1.54, 1.807) is 0 Å². The molecule has 0 spiro atoms. The van der Waals surface area contributed by atoms with Crippen LogP contribution >= 0.6 is 11.6 Å². The molecule has 8 heteroatoms. The average Bonchev–Trinajstić information content (AvgIpc) is 2.98. The molecular weight excluding hydrogens is 398 g/mol. The Labute approximate surface area is 170 Å². The van der Waals surface area contributed by atoms with Crippen LogP contribution in [0.1, 0.15) is 36.0 Å². The SMILES string of the molecule is CNS(=O)(=O)c1cc(C(=O)Nc2ccc(N3CCCCCC3)cc2)ccc1Cl. The number of rotatable bonds is 5. The Bertz CT molecular complexity index is 938. The lowest BCUT2D eigenvalue weighted by Crippen LogP contribution is -2.23. The van der Waals surface area contributed by atoms with Crippen molar-refractivity contribution in [1.82, 2.24) is 4.72 Å². The summed E-state index contributed by atoms with van der Waals surface area (Å²) in [5.74, 6) is -0.397. The second kappa shape index (κ2) is 8.94. The van der Waals surface area contributed by atoms with Crippen molar-refractivity contribution in [3.8, 4) is 0 Å². The highest BCUT2D eigenvalue weighted by atomic mass is 35.5. The third-order valence-corrected chi connectivity index (χ3v) is 6.74. The second-order valence-electron chi connectivity index (χ2n) is 6.76. The van der Waals surface area contributed by atoms with Crippen molar-refractivity contribution in [3.63, 3.8) is 0 Å². The maximum Gasteiger partial charge on any atom is 0.255 e. The quantitative estimate of drug-likeness (QED) is 0.767. The number of halogens is 1. The van der Waals surface area contributed by atoms with Gasteiger partial charge < -0.3 is 10.2 Å². The van der Waals surface area contributed by atoms with Crippen molar-refractivity contribution in [1.29, 1.82) is 0 Å². The van der Waals surface area contributed by atoms with Crippen molar-refractivity contribution >= 4 is 38.9 Å². The topological polar surface area (TPSA) is 78.5 Å². The molecule has 150 valence electrons. The Morgan fingerprint density at radius 1 is 1.00 bits per heavy atom. The molecule has 1 amide bonds. The first kappa shape index (κ1) is 20.6. The van der Waals surface area contributed by atoms with E-state index in [0.29, 0.717) is 5.69 Å². The van der Waals surface area contributed by atoms with Gasteiger partial charge in [-0.3, -0.25) is 4.79 Å². The summed E-state index contributed by atoms with van der Waals surface area (Å²) in [6.45, 7) is 2.11. The Kier molecular flexibility index (Phi) is 6.59. The second-order valence-corrected chi connectivity index (χ2v) is 9.02. The van der Waals surface area contributed by atoms with Gasteiger partial charge >= 0.3 is 0 Å². The summed E-state index contributed by atoms with van der Waals surface area (Å²) in [7, 11) is -2.45. The smallest absolute Gasteiger partial charge is 0.255 e. The zero-order valence-corrected chi connectivity index (χ0v) is 17.3. The van der Waals surface area contributed by atoms with E-state index in [1.807, 2.05) is 24.3 Å². The number of hydrogen-bond donors (Lipinski definition) is 2. The van der Waals surface area contributed by atoms with E-state index < -0.39 is 15.9 Å². The third-order valence-electron chi connectivity index (χ3n) is 4.85. The van der Waals surface area contributed by atoms with Crippen LogP contribution in [0.5, 0.6) is 0 Å². The molecule has 0 unspecified atom stereocenters. The molecule has 1 saturated heterocycles. The molecule has 0 aromatic heterocycles. The van der Waals surface area contributed by atoms with Crippen LogP contribution in [0.3, 0.4) is 0 Å². The van der Waals surface area contributed by atoms with Crippen molar-refractivity contribution in [2.24, 2.45) is 0 Å². The van der Waals surface area contributed by atoms with Crippen molar-refractivity contribution in [3.05, 3.63) is 53.1 Å². The summed E-state index contributed by atoms with van der Waals surface area (Å²) in [6.07, 6.45) is 4.95. The molecule has 0 bridgehead atoms. The molecular formula is C20H24ClN3O3S. The summed E-state index contributed by atoms with van der Waals surface area (Å²) in [5, 5.41) is 2.86. The van der Waals surface area contributed by atoms with Crippen LogP contribution in [0.15, 0.2) is 47.4 Å². The lowest BCUT2D eigenvalue weighted by Gasteiger charge is -2.22. The van der Waals surface area contributed by atoms with Gasteiger partial charge in [-0.25, -0.2) is 13.1 Å². The van der Waals surface area contributed by atoms with Gasteiger partial charge in [-0.05, 0) is 62.4 Å². The normalized spacial score (nSPS) is 15.1. The minimum atomic E-state index is -3.75. The zero-order valence-electron chi connectivity index (χ0n) is 15.7. The Hall–Kier alpha value is -2.09. The fourth-order valence-corrected chi connectivity index (χ4v) is 4.50. The number of sulfonamides is 1. The van der Waals surface area contributed by atoms with E-state index >= 15 is 0 Å². The zero-order chi connectivity index (χ0) is 20.1. The maximum absolute atomic E-state index is 12.5. The molecule has 1 heterocycles. The van der Waals surface area contributed by atoms with Gasteiger partial charge in [0.2, 0.25) is 10.0 Å².